The molecule has 1 fully saturated rings. The summed E-state index contributed by atoms with van der Waals surface area (Å²) in [5.74, 6) is -0.208. The van der Waals surface area contributed by atoms with E-state index in [2.05, 4.69) is 40.1 Å². The maximum atomic E-state index is 12.0. The zero-order valence-corrected chi connectivity index (χ0v) is 14.9. The van der Waals surface area contributed by atoms with E-state index in [-0.39, 0.29) is 12.1 Å². The van der Waals surface area contributed by atoms with Crippen LogP contribution in [0.1, 0.15) is 22.2 Å². The molecule has 1 saturated heterocycles. The van der Waals surface area contributed by atoms with E-state index in [0.29, 0.717) is 4.88 Å². The summed E-state index contributed by atoms with van der Waals surface area (Å²) in [7, 11) is 0. The number of rotatable bonds is 6. The number of carbonyl (C=O) groups is 1. The molecule has 1 aliphatic rings. The van der Waals surface area contributed by atoms with Crippen LogP contribution in [0, 0.1) is 0 Å². The van der Waals surface area contributed by atoms with Gasteiger partial charge in [-0.25, -0.2) is 4.79 Å². The third-order valence-corrected chi connectivity index (χ3v) is 5.11. The molecule has 5 heteroatoms. The molecule has 0 N–H and O–H groups in total. The van der Waals surface area contributed by atoms with Gasteiger partial charge in [-0.2, -0.15) is 0 Å². The Kier molecular flexibility index (Phi) is 6.01. The lowest BCUT2D eigenvalue weighted by Gasteiger charge is -2.35. The lowest BCUT2D eigenvalue weighted by Crippen LogP contribution is -2.48. The molecule has 0 aliphatic carbocycles. The van der Waals surface area contributed by atoms with Crippen LogP contribution in [-0.2, 0) is 11.3 Å². The van der Waals surface area contributed by atoms with E-state index < -0.39 is 0 Å². The molecule has 4 nitrogen and oxygen atoms in total. The summed E-state index contributed by atoms with van der Waals surface area (Å²) in [6.07, 6.45) is -0.0831. The maximum absolute atomic E-state index is 12.0. The highest BCUT2D eigenvalue weighted by atomic mass is 32.1. The first kappa shape index (κ1) is 17.1. The number of benzene rings is 1. The Morgan fingerprint density at radius 1 is 1.08 bits per heavy atom. The van der Waals surface area contributed by atoms with Gasteiger partial charge in [-0.3, -0.25) is 9.80 Å². The number of hydrogen-bond donors (Lipinski definition) is 0. The summed E-state index contributed by atoms with van der Waals surface area (Å²) >= 11 is 1.43. The molecular formula is C19H24N2O2S. The molecule has 1 aliphatic heterocycles. The Labute approximate surface area is 147 Å². The van der Waals surface area contributed by atoms with Crippen LogP contribution in [-0.4, -0.2) is 54.6 Å². The zero-order chi connectivity index (χ0) is 16.8. The summed E-state index contributed by atoms with van der Waals surface area (Å²) in [4.78, 5) is 17.5. The van der Waals surface area contributed by atoms with Crippen molar-refractivity contribution in [1.82, 2.24) is 9.80 Å². The van der Waals surface area contributed by atoms with E-state index >= 15 is 0 Å². The molecule has 2 aromatic rings. The largest absolute Gasteiger partial charge is 0.457 e. The van der Waals surface area contributed by atoms with E-state index in [0.717, 1.165) is 39.3 Å². The van der Waals surface area contributed by atoms with Crippen LogP contribution in [0.3, 0.4) is 0 Å². The van der Waals surface area contributed by atoms with Crippen molar-refractivity contribution >= 4 is 17.3 Å². The number of carbonyl (C=O) groups excluding carboxylic acids is 1. The minimum atomic E-state index is -0.208. The van der Waals surface area contributed by atoms with Crippen molar-refractivity contribution in [3.8, 4) is 0 Å². The molecule has 0 radical (unpaired) electrons. The third-order valence-electron chi connectivity index (χ3n) is 4.26. The van der Waals surface area contributed by atoms with Crippen LogP contribution in [0.2, 0.25) is 0 Å². The lowest BCUT2D eigenvalue weighted by molar-refractivity contribution is 0.0196. The minimum Gasteiger partial charge on any atom is -0.457 e. The summed E-state index contributed by atoms with van der Waals surface area (Å²) in [5, 5.41) is 1.90. The average molecular weight is 344 g/mol. The predicted molar refractivity (Wildman–Crippen MR) is 97.4 cm³/mol. The molecule has 0 saturated carbocycles. The van der Waals surface area contributed by atoms with Gasteiger partial charge in [0.15, 0.2) is 0 Å². The van der Waals surface area contributed by atoms with Gasteiger partial charge in [-0.15, -0.1) is 11.3 Å². The molecule has 0 amide bonds. The minimum absolute atomic E-state index is 0.0831. The molecule has 128 valence electrons. The van der Waals surface area contributed by atoms with Gasteiger partial charge >= 0.3 is 5.97 Å². The standard InChI is InChI=1S/C19H24N2O2S/c1-16(23-19(22)18-8-5-13-24-18)14-20-9-11-21(12-10-20)15-17-6-3-2-4-7-17/h2-8,13,16H,9-12,14-15H2,1H3. The zero-order valence-electron chi connectivity index (χ0n) is 14.1. The average Bonchev–Trinajstić information content (AvgIpc) is 3.12. The highest BCUT2D eigenvalue weighted by Gasteiger charge is 2.20. The molecule has 24 heavy (non-hydrogen) atoms. The second-order valence-electron chi connectivity index (χ2n) is 6.26. The van der Waals surface area contributed by atoms with Gasteiger partial charge in [0.1, 0.15) is 11.0 Å². The number of piperazine rings is 1. The first-order chi connectivity index (χ1) is 11.7. The fraction of sp³-hybridized carbons (Fsp3) is 0.421. The van der Waals surface area contributed by atoms with Gasteiger partial charge in [0.2, 0.25) is 0 Å². The van der Waals surface area contributed by atoms with Crippen molar-refractivity contribution in [3.05, 3.63) is 58.3 Å². The number of hydrogen-bond acceptors (Lipinski definition) is 5. The number of ether oxygens (including phenoxy) is 1. The van der Waals surface area contributed by atoms with E-state index in [1.807, 2.05) is 24.4 Å². The van der Waals surface area contributed by atoms with Gasteiger partial charge in [-0.05, 0) is 23.9 Å². The fourth-order valence-electron chi connectivity index (χ4n) is 3.01. The third kappa shape index (κ3) is 4.90. The molecule has 3 rings (SSSR count). The van der Waals surface area contributed by atoms with Crippen molar-refractivity contribution in [3.63, 3.8) is 0 Å². The topological polar surface area (TPSA) is 32.8 Å². The van der Waals surface area contributed by atoms with Crippen LogP contribution in [0.15, 0.2) is 47.8 Å². The second-order valence-corrected chi connectivity index (χ2v) is 7.20. The smallest absolute Gasteiger partial charge is 0.348 e. The number of esters is 1. The van der Waals surface area contributed by atoms with E-state index in [4.69, 9.17) is 4.74 Å². The summed E-state index contributed by atoms with van der Waals surface area (Å²) in [6.45, 7) is 7.94. The van der Waals surface area contributed by atoms with Crippen molar-refractivity contribution in [1.29, 1.82) is 0 Å². The normalized spacial score (nSPS) is 17.5. The second kappa shape index (κ2) is 8.42. The Balaban J connectivity index is 1.39. The van der Waals surface area contributed by atoms with Crippen LogP contribution in [0.25, 0.3) is 0 Å². The van der Waals surface area contributed by atoms with Crippen LogP contribution in [0.4, 0.5) is 0 Å². The summed E-state index contributed by atoms with van der Waals surface area (Å²) in [6, 6.07) is 14.3. The molecule has 0 bridgehead atoms. The quantitative estimate of drug-likeness (QED) is 0.754. The Hall–Kier alpha value is -1.69. The van der Waals surface area contributed by atoms with Gasteiger partial charge in [0.05, 0.1) is 0 Å². The fourth-order valence-corrected chi connectivity index (χ4v) is 3.61. The highest BCUT2D eigenvalue weighted by molar-refractivity contribution is 7.11. The molecule has 1 aromatic heterocycles. The monoisotopic (exact) mass is 344 g/mol. The van der Waals surface area contributed by atoms with Gasteiger partial charge in [-0.1, -0.05) is 36.4 Å². The molecular weight excluding hydrogens is 320 g/mol. The van der Waals surface area contributed by atoms with E-state index in [1.54, 1.807) is 0 Å². The highest BCUT2D eigenvalue weighted by Crippen LogP contribution is 2.13. The first-order valence-electron chi connectivity index (χ1n) is 8.44. The van der Waals surface area contributed by atoms with Gasteiger partial charge < -0.3 is 4.74 Å². The van der Waals surface area contributed by atoms with E-state index in [1.165, 1.54) is 16.9 Å². The molecule has 1 atom stereocenters. The summed E-state index contributed by atoms with van der Waals surface area (Å²) in [5.41, 5.74) is 1.36. The van der Waals surface area contributed by atoms with Crippen molar-refractivity contribution in [2.45, 2.75) is 19.6 Å². The van der Waals surface area contributed by atoms with Crippen molar-refractivity contribution < 1.29 is 9.53 Å². The maximum Gasteiger partial charge on any atom is 0.348 e. The number of nitrogens with zero attached hydrogens (tertiary/aromatic N) is 2. The van der Waals surface area contributed by atoms with Crippen molar-refractivity contribution in [2.24, 2.45) is 0 Å². The molecule has 1 unspecified atom stereocenters. The molecule has 1 aromatic carbocycles. The van der Waals surface area contributed by atoms with Crippen LogP contribution >= 0.6 is 11.3 Å². The Morgan fingerprint density at radius 3 is 2.46 bits per heavy atom. The van der Waals surface area contributed by atoms with Crippen LogP contribution in [0.5, 0.6) is 0 Å². The summed E-state index contributed by atoms with van der Waals surface area (Å²) < 4.78 is 5.54. The Morgan fingerprint density at radius 2 is 1.79 bits per heavy atom. The molecule has 0 spiro atoms. The Bertz CT molecular complexity index is 622. The van der Waals surface area contributed by atoms with Gasteiger partial charge in [0.25, 0.3) is 0 Å². The van der Waals surface area contributed by atoms with Crippen molar-refractivity contribution in [2.75, 3.05) is 32.7 Å². The first-order valence-corrected chi connectivity index (χ1v) is 9.32. The van der Waals surface area contributed by atoms with Gasteiger partial charge in [0, 0.05) is 39.3 Å². The predicted octanol–water partition coefficient (Wildman–Crippen LogP) is 3.11. The molecule has 2 heterocycles. The number of thiophene rings is 1. The van der Waals surface area contributed by atoms with Crippen LogP contribution < -0.4 is 0 Å². The SMILES string of the molecule is CC(CN1CCN(Cc2ccccc2)CC1)OC(=O)c1cccs1. The lowest BCUT2D eigenvalue weighted by atomic mass is 10.2. The van der Waals surface area contributed by atoms with E-state index in [9.17, 15) is 4.79 Å².